The van der Waals surface area contributed by atoms with Crippen molar-refractivity contribution < 1.29 is 9.53 Å². The molecule has 0 bridgehead atoms. The van der Waals surface area contributed by atoms with E-state index in [0.29, 0.717) is 21.0 Å². The van der Waals surface area contributed by atoms with E-state index in [0.717, 1.165) is 40.1 Å². The largest absolute Gasteiger partial charge is 0.472 e. The smallest absolute Gasteiger partial charge is 0.295 e. The molecule has 3 aromatic heterocycles. The van der Waals surface area contributed by atoms with Gasteiger partial charge in [-0.1, -0.05) is 23.6 Å². The van der Waals surface area contributed by atoms with Gasteiger partial charge in [-0.25, -0.2) is 4.98 Å². The first-order valence-electron chi connectivity index (χ1n) is 7.82. The number of hydrogen-bond donors (Lipinski definition) is 1. The Balaban J connectivity index is 2.03. The Morgan fingerprint density at radius 3 is 2.73 bits per heavy atom. The number of halogens is 1. The summed E-state index contributed by atoms with van der Waals surface area (Å²) in [4.78, 5) is 21.2. The van der Waals surface area contributed by atoms with Crippen molar-refractivity contribution in [2.75, 3.05) is 12.4 Å². The zero-order valence-corrected chi connectivity index (χ0v) is 16.0. The normalized spacial score (nSPS) is 10.6. The number of nitrogens with one attached hydrogen (secondary N) is 1. The Morgan fingerprint density at radius 1 is 1.23 bits per heavy atom. The highest BCUT2D eigenvalue weighted by atomic mass is 35.5. The van der Waals surface area contributed by atoms with Crippen LogP contribution >= 0.6 is 22.9 Å². The van der Waals surface area contributed by atoms with Crippen LogP contribution in [0.3, 0.4) is 0 Å². The third-order valence-corrected chi connectivity index (χ3v) is 4.72. The quantitative estimate of drug-likeness (QED) is 0.668. The minimum Gasteiger partial charge on any atom is -0.472 e. The Morgan fingerprint density at radius 2 is 2.04 bits per heavy atom. The van der Waals surface area contributed by atoms with E-state index in [9.17, 15) is 4.79 Å². The number of pyridine rings is 2. The third-order valence-electron chi connectivity index (χ3n) is 3.71. The molecule has 1 N–H and O–H groups in total. The van der Waals surface area contributed by atoms with E-state index in [-0.39, 0.29) is 5.91 Å². The fraction of sp³-hybridized carbons (Fsp3) is 0.235. The van der Waals surface area contributed by atoms with Gasteiger partial charge in [-0.3, -0.25) is 15.1 Å². The van der Waals surface area contributed by atoms with Crippen molar-refractivity contribution in [2.24, 2.45) is 0 Å². The molecule has 0 saturated heterocycles. The predicted octanol–water partition coefficient (Wildman–Crippen LogP) is 3.78. The standard InChI is InChI=1S/C17H16ClN5O2S/c1-4-10-7-20-14(18)6-11(10)12-5-9(2)19-8-13(12)15(24)21-16-22-23-17(25-3)26-16/h5-8H,4H2,1-3H3,(H,21,22,24). The summed E-state index contributed by atoms with van der Waals surface area (Å²) in [5.74, 6) is -0.332. The highest BCUT2D eigenvalue weighted by molar-refractivity contribution is 7.17. The monoisotopic (exact) mass is 389 g/mol. The maximum Gasteiger partial charge on any atom is 0.295 e. The summed E-state index contributed by atoms with van der Waals surface area (Å²) < 4.78 is 4.99. The van der Waals surface area contributed by atoms with Gasteiger partial charge in [-0.05, 0) is 53.5 Å². The summed E-state index contributed by atoms with van der Waals surface area (Å²) in [7, 11) is 1.49. The van der Waals surface area contributed by atoms with E-state index in [1.165, 1.54) is 7.11 Å². The molecule has 0 radical (unpaired) electrons. The molecular formula is C17H16ClN5O2S. The predicted molar refractivity (Wildman–Crippen MR) is 101 cm³/mol. The number of rotatable bonds is 5. The molecule has 1 amide bonds. The minimum absolute atomic E-state index is 0.332. The summed E-state index contributed by atoms with van der Waals surface area (Å²) >= 11 is 7.23. The minimum atomic E-state index is -0.332. The van der Waals surface area contributed by atoms with Gasteiger partial charge in [0, 0.05) is 18.1 Å². The van der Waals surface area contributed by atoms with Crippen LogP contribution in [0.15, 0.2) is 24.5 Å². The molecule has 0 spiro atoms. The molecule has 0 aliphatic carbocycles. The van der Waals surface area contributed by atoms with E-state index in [2.05, 4.69) is 25.5 Å². The second kappa shape index (κ2) is 7.76. The Bertz CT molecular complexity index is 960. The highest BCUT2D eigenvalue weighted by Gasteiger charge is 2.18. The van der Waals surface area contributed by atoms with Gasteiger partial charge in [0.05, 0.1) is 12.7 Å². The molecule has 0 aliphatic heterocycles. The molecule has 0 atom stereocenters. The lowest BCUT2D eigenvalue weighted by atomic mass is 9.96. The first-order valence-corrected chi connectivity index (χ1v) is 9.01. The van der Waals surface area contributed by atoms with Crippen LogP contribution in [-0.2, 0) is 6.42 Å². The number of methoxy groups -OCH3 is 1. The summed E-state index contributed by atoms with van der Waals surface area (Å²) in [6.07, 6.45) is 4.03. The second-order valence-corrected chi connectivity index (χ2v) is 6.75. The molecule has 7 nitrogen and oxygen atoms in total. The molecule has 0 aliphatic rings. The Kier molecular flexibility index (Phi) is 5.43. The number of hydrogen-bond acceptors (Lipinski definition) is 7. The molecule has 26 heavy (non-hydrogen) atoms. The number of nitrogens with zero attached hydrogens (tertiary/aromatic N) is 4. The van der Waals surface area contributed by atoms with Crippen LogP contribution in [0.2, 0.25) is 5.15 Å². The van der Waals surface area contributed by atoms with Gasteiger partial charge >= 0.3 is 0 Å². The summed E-state index contributed by atoms with van der Waals surface area (Å²) in [5, 5.41) is 11.5. The molecule has 0 aromatic carbocycles. The van der Waals surface area contributed by atoms with Gasteiger partial charge in [0.1, 0.15) is 5.15 Å². The molecular weight excluding hydrogens is 374 g/mol. The number of aryl methyl sites for hydroxylation is 2. The average Bonchev–Trinajstić information content (AvgIpc) is 3.09. The molecule has 3 rings (SSSR count). The van der Waals surface area contributed by atoms with Crippen LogP contribution in [0.25, 0.3) is 11.1 Å². The van der Waals surface area contributed by atoms with Crippen LogP contribution in [0.4, 0.5) is 5.13 Å². The lowest BCUT2D eigenvalue weighted by molar-refractivity contribution is 0.102. The van der Waals surface area contributed by atoms with Gasteiger partial charge < -0.3 is 4.74 Å². The van der Waals surface area contributed by atoms with Crippen molar-refractivity contribution in [1.29, 1.82) is 0 Å². The van der Waals surface area contributed by atoms with E-state index in [4.69, 9.17) is 16.3 Å². The Labute approximate surface area is 159 Å². The number of anilines is 1. The van der Waals surface area contributed by atoms with Crippen molar-refractivity contribution in [1.82, 2.24) is 20.2 Å². The van der Waals surface area contributed by atoms with Gasteiger partial charge in [0.15, 0.2) is 0 Å². The molecule has 3 heterocycles. The highest BCUT2D eigenvalue weighted by Crippen LogP contribution is 2.30. The van der Waals surface area contributed by atoms with Crippen LogP contribution in [0.5, 0.6) is 5.19 Å². The topological polar surface area (TPSA) is 89.9 Å². The van der Waals surface area contributed by atoms with E-state index in [1.54, 1.807) is 18.5 Å². The zero-order valence-electron chi connectivity index (χ0n) is 14.4. The van der Waals surface area contributed by atoms with Gasteiger partial charge in [-0.2, -0.15) is 0 Å². The SMILES string of the molecule is CCc1cnc(Cl)cc1-c1cc(C)ncc1C(=O)Nc1nnc(OC)s1. The van der Waals surface area contributed by atoms with Crippen LogP contribution in [0.1, 0.15) is 28.5 Å². The van der Waals surface area contributed by atoms with Crippen LogP contribution in [-0.4, -0.2) is 33.2 Å². The third kappa shape index (κ3) is 3.81. The molecule has 134 valence electrons. The average molecular weight is 390 g/mol. The van der Waals surface area contributed by atoms with Crippen LogP contribution in [0, 0.1) is 6.92 Å². The molecule has 0 fully saturated rings. The van der Waals surface area contributed by atoms with Crippen LogP contribution < -0.4 is 10.1 Å². The van der Waals surface area contributed by atoms with Gasteiger partial charge in [-0.15, -0.1) is 5.10 Å². The number of carbonyl (C=O) groups excluding carboxylic acids is 1. The molecule has 3 aromatic rings. The maximum absolute atomic E-state index is 12.8. The molecule has 9 heteroatoms. The lowest BCUT2D eigenvalue weighted by Gasteiger charge is -2.13. The van der Waals surface area contributed by atoms with Crippen molar-refractivity contribution in [2.45, 2.75) is 20.3 Å². The summed E-state index contributed by atoms with van der Waals surface area (Å²) in [5.41, 5.74) is 3.81. The fourth-order valence-electron chi connectivity index (χ4n) is 2.46. The molecule has 0 saturated carbocycles. The van der Waals surface area contributed by atoms with Crippen molar-refractivity contribution in [3.63, 3.8) is 0 Å². The van der Waals surface area contributed by atoms with Gasteiger partial charge in [0.2, 0.25) is 5.13 Å². The first-order chi connectivity index (χ1) is 12.5. The van der Waals surface area contributed by atoms with Crippen molar-refractivity contribution in [3.05, 3.63) is 46.5 Å². The summed E-state index contributed by atoms with van der Waals surface area (Å²) in [6, 6.07) is 3.63. The van der Waals surface area contributed by atoms with Crippen molar-refractivity contribution >= 4 is 34.0 Å². The zero-order chi connectivity index (χ0) is 18.7. The first kappa shape index (κ1) is 18.2. The number of amides is 1. The van der Waals surface area contributed by atoms with E-state index >= 15 is 0 Å². The van der Waals surface area contributed by atoms with Crippen molar-refractivity contribution in [3.8, 4) is 16.3 Å². The number of aromatic nitrogens is 4. The second-order valence-electron chi connectivity index (χ2n) is 5.42. The Hall–Kier alpha value is -2.58. The summed E-state index contributed by atoms with van der Waals surface area (Å²) in [6.45, 7) is 3.89. The van der Waals surface area contributed by atoms with E-state index in [1.807, 2.05) is 19.9 Å². The number of carbonyl (C=O) groups is 1. The maximum atomic E-state index is 12.8. The lowest BCUT2D eigenvalue weighted by Crippen LogP contribution is -2.14. The van der Waals surface area contributed by atoms with E-state index < -0.39 is 0 Å². The number of ether oxygens (including phenoxy) is 1. The fourth-order valence-corrected chi connectivity index (χ4v) is 3.18. The molecule has 0 unspecified atom stereocenters. The van der Waals surface area contributed by atoms with Gasteiger partial charge in [0.25, 0.3) is 11.1 Å².